The predicted octanol–water partition coefficient (Wildman–Crippen LogP) is 3.97. The second kappa shape index (κ2) is 6.60. The lowest BCUT2D eigenvalue weighted by Gasteiger charge is -2.05. The minimum absolute atomic E-state index is 0.329. The van der Waals surface area contributed by atoms with E-state index in [1.807, 2.05) is 19.2 Å². The van der Waals surface area contributed by atoms with Crippen LogP contribution in [-0.2, 0) is 11.3 Å². The Morgan fingerprint density at radius 1 is 1.27 bits per heavy atom. The number of aryl methyl sites for hydroxylation is 2. The molecule has 0 atom stereocenters. The lowest BCUT2D eigenvalue weighted by atomic mass is 10.1. The SMILES string of the molecule is CCn1c(C)cc(C=Nc2ccc(C(=O)OC)cc2C)c1C. The summed E-state index contributed by atoms with van der Waals surface area (Å²) < 4.78 is 6.98. The molecular weight excluding hydrogens is 276 g/mol. The summed E-state index contributed by atoms with van der Waals surface area (Å²) in [5.41, 5.74) is 5.92. The van der Waals surface area contributed by atoms with Gasteiger partial charge in [-0.05, 0) is 57.5 Å². The fourth-order valence-electron chi connectivity index (χ4n) is 2.63. The molecule has 4 heteroatoms. The number of hydrogen-bond acceptors (Lipinski definition) is 3. The first-order valence-corrected chi connectivity index (χ1v) is 7.37. The summed E-state index contributed by atoms with van der Waals surface area (Å²) in [5, 5.41) is 0. The number of carbonyl (C=O) groups excluding carboxylic acids is 1. The van der Waals surface area contributed by atoms with E-state index in [1.165, 1.54) is 18.5 Å². The zero-order chi connectivity index (χ0) is 16.3. The van der Waals surface area contributed by atoms with Gasteiger partial charge < -0.3 is 9.30 Å². The Morgan fingerprint density at radius 3 is 2.55 bits per heavy atom. The van der Waals surface area contributed by atoms with Gasteiger partial charge in [0.25, 0.3) is 0 Å². The third-order valence-electron chi connectivity index (χ3n) is 3.89. The molecule has 1 aromatic carbocycles. The molecule has 0 saturated carbocycles. The van der Waals surface area contributed by atoms with Crippen LogP contribution in [0.25, 0.3) is 0 Å². The molecule has 1 aromatic heterocycles. The van der Waals surface area contributed by atoms with Gasteiger partial charge in [0.2, 0.25) is 0 Å². The first-order chi connectivity index (χ1) is 10.5. The summed E-state index contributed by atoms with van der Waals surface area (Å²) in [7, 11) is 1.38. The number of nitrogens with zero attached hydrogens (tertiary/aromatic N) is 2. The molecule has 0 N–H and O–H groups in total. The van der Waals surface area contributed by atoms with Crippen LogP contribution in [0.4, 0.5) is 5.69 Å². The van der Waals surface area contributed by atoms with Crippen LogP contribution in [0.15, 0.2) is 29.3 Å². The molecule has 22 heavy (non-hydrogen) atoms. The molecule has 0 aliphatic rings. The van der Waals surface area contributed by atoms with E-state index in [9.17, 15) is 4.79 Å². The molecule has 0 spiro atoms. The Morgan fingerprint density at radius 2 is 2.00 bits per heavy atom. The Hall–Kier alpha value is -2.36. The van der Waals surface area contributed by atoms with Gasteiger partial charge in [-0.25, -0.2) is 4.79 Å². The number of carbonyl (C=O) groups is 1. The van der Waals surface area contributed by atoms with Gasteiger partial charge in [-0.15, -0.1) is 0 Å². The van der Waals surface area contributed by atoms with Crippen LogP contribution in [0.3, 0.4) is 0 Å². The molecule has 0 saturated heterocycles. The maximum atomic E-state index is 11.5. The van der Waals surface area contributed by atoms with E-state index in [4.69, 9.17) is 4.74 Å². The van der Waals surface area contributed by atoms with E-state index in [2.05, 4.69) is 36.4 Å². The van der Waals surface area contributed by atoms with Gasteiger partial charge in [-0.1, -0.05) is 0 Å². The molecule has 2 rings (SSSR count). The highest BCUT2D eigenvalue weighted by Crippen LogP contribution is 2.21. The van der Waals surface area contributed by atoms with Crippen molar-refractivity contribution in [2.24, 2.45) is 4.99 Å². The van der Waals surface area contributed by atoms with Gasteiger partial charge in [-0.3, -0.25) is 4.99 Å². The number of aliphatic imine (C=N–C) groups is 1. The average Bonchev–Trinajstić information content (AvgIpc) is 2.78. The summed E-state index contributed by atoms with van der Waals surface area (Å²) in [5.74, 6) is -0.329. The summed E-state index contributed by atoms with van der Waals surface area (Å²) in [6.45, 7) is 9.23. The van der Waals surface area contributed by atoms with Crippen molar-refractivity contribution in [2.45, 2.75) is 34.2 Å². The van der Waals surface area contributed by atoms with E-state index >= 15 is 0 Å². The zero-order valence-electron chi connectivity index (χ0n) is 13.8. The molecule has 116 valence electrons. The van der Waals surface area contributed by atoms with Gasteiger partial charge in [0, 0.05) is 29.7 Å². The maximum Gasteiger partial charge on any atom is 0.337 e. The third kappa shape index (κ3) is 3.11. The number of aromatic nitrogens is 1. The highest BCUT2D eigenvalue weighted by atomic mass is 16.5. The van der Waals surface area contributed by atoms with Crippen molar-refractivity contribution in [2.75, 3.05) is 7.11 Å². The molecule has 0 bridgehead atoms. The standard InChI is InChI=1S/C18H22N2O2/c1-6-20-13(3)10-16(14(20)4)11-19-17-8-7-15(9-12(17)2)18(21)22-5/h7-11H,6H2,1-5H3. The second-order valence-corrected chi connectivity index (χ2v) is 5.32. The Kier molecular flexibility index (Phi) is 4.81. The van der Waals surface area contributed by atoms with Crippen LogP contribution in [0.2, 0.25) is 0 Å². The van der Waals surface area contributed by atoms with E-state index < -0.39 is 0 Å². The number of rotatable bonds is 4. The predicted molar refractivity (Wildman–Crippen MR) is 89.4 cm³/mol. The smallest absolute Gasteiger partial charge is 0.337 e. The fourth-order valence-corrected chi connectivity index (χ4v) is 2.63. The molecule has 0 amide bonds. The molecular formula is C18H22N2O2. The molecule has 0 aliphatic carbocycles. The van der Waals surface area contributed by atoms with E-state index in [0.717, 1.165) is 23.4 Å². The second-order valence-electron chi connectivity index (χ2n) is 5.32. The van der Waals surface area contributed by atoms with Gasteiger partial charge in [0.1, 0.15) is 0 Å². The van der Waals surface area contributed by atoms with Crippen molar-refractivity contribution in [3.8, 4) is 0 Å². The molecule has 2 aromatic rings. The minimum atomic E-state index is -0.329. The van der Waals surface area contributed by atoms with Crippen molar-refractivity contribution in [1.29, 1.82) is 0 Å². The van der Waals surface area contributed by atoms with Crippen molar-refractivity contribution in [3.05, 3.63) is 52.3 Å². The number of ether oxygens (including phenoxy) is 1. The number of methoxy groups -OCH3 is 1. The topological polar surface area (TPSA) is 43.6 Å². The lowest BCUT2D eigenvalue weighted by Crippen LogP contribution is -2.01. The summed E-state index contributed by atoms with van der Waals surface area (Å²) in [6.07, 6.45) is 1.88. The summed E-state index contributed by atoms with van der Waals surface area (Å²) in [4.78, 5) is 16.1. The molecule has 0 fully saturated rings. The van der Waals surface area contributed by atoms with Gasteiger partial charge in [0.15, 0.2) is 0 Å². The molecule has 4 nitrogen and oxygen atoms in total. The van der Waals surface area contributed by atoms with Crippen molar-refractivity contribution in [1.82, 2.24) is 4.57 Å². The van der Waals surface area contributed by atoms with E-state index in [-0.39, 0.29) is 5.97 Å². The Bertz CT molecular complexity index is 727. The van der Waals surface area contributed by atoms with Gasteiger partial charge in [0.05, 0.1) is 18.4 Å². The lowest BCUT2D eigenvalue weighted by molar-refractivity contribution is 0.0600. The third-order valence-corrected chi connectivity index (χ3v) is 3.89. The summed E-state index contributed by atoms with van der Waals surface area (Å²) >= 11 is 0. The largest absolute Gasteiger partial charge is 0.465 e. The van der Waals surface area contributed by atoms with Crippen LogP contribution < -0.4 is 0 Å². The highest BCUT2D eigenvalue weighted by Gasteiger charge is 2.08. The number of hydrogen-bond donors (Lipinski definition) is 0. The fraction of sp³-hybridized carbons (Fsp3) is 0.333. The Labute approximate surface area is 131 Å². The summed E-state index contributed by atoms with van der Waals surface area (Å²) in [6, 6.07) is 7.52. The van der Waals surface area contributed by atoms with Gasteiger partial charge >= 0.3 is 5.97 Å². The van der Waals surface area contributed by atoms with Crippen LogP contribution in [0, 0.1) is 20.8 Å². The van der Waals surface area contributed by atoms with Crippen LogP contribution in [0.1, 0.15) is 39.8 Å². The quantitative estimate of drug-likeness (QED) is 0.633. The average molecular weight is 298 g/mol. The zero-order valence-corrected chi connectivity index (χ0v) is 13.8. The molecule has 1 heterocycles. The first kappa shape index (κ1) is 16.0. The first-order valence-electron chi connectivity index (χ1n) is 7.37. The van der Waals surface area contributed by atoms with Gasteiger partial charge in [-0.2, -0.15) is 0 Å². The minimum Gasteiger partial charge on any atom is -0.465 e. The van der Waals surface area contributed by atoms with Crippen LogP contribution >= 0.6 is 0 Å². The van der Waals surface area contributed by atoms with E-state index in [1.54, 1.807) is 12.1 Å². The van der Waals surface area contributed by atoms with E-state index in [0.29, 0.717) is 5.56 Å². The molecule has 0 unspecified atom stereocenters. The number of benzene rings is 1. The van der Waals surface area contributed by atoms with Crippen molar-refractivity contribution >= 4 is 17.9 Å². The van der Waals surface area contributed by atoms with Crippen LogP contribution in [0.5, 0.6) is 0 Å². The van der Waals surface area contributed by atoms with Crippen molar-refractivity contribution < 1.29 is 9.53 Å². The normalized spacial score (nSPS) is 11.1. The monoisotopic (exact) mass is 298 g/mol. The maximum absolute atomic E-state index is 11.5. The molecule has 0 aliphatic heterocycles. The van der Waals surface area contributed by atoms with Crippen molar-refractivity contribution in [3.63, 3.8) is 0 Å². The number of esters is 1. The van der Waals surface area contributed by atoms with Crippen LogP contribution in [-0.4, -0.2) is 23.9 Å². The highest BCUT2D eigenvalue weighted by molar-refractivity contribution is 5.90. The molecule has 0 radical (unpaired) electrons. The Balaban J connectivity index is 2.29.